The number of hydrogen-bond acceptors (Lipinski definition) is 7. The molecule has 0 atom stereocenters. The quantitative estimate of drug-likeness (QED) is 0.336. The molecule has 0 bridgehead atoms. The number of anilines is 2. The third kappa shape index (κ3) is 4.92. The Morgan fingerprint density at radius 1 is 1.00 bits per heavy atom. The van der Waals surface area contributed by atoms with E-state index in [0.29, 0.717) is 25.0 Å². The summed E-state index contributed by atoms with van der Waals surface area (Å²) in [5.74, 6) is 2.19. The number of aromatic nitrogens is 4. The van der Waals surface area contributed by atoms with E-state index in [1.54, 1.807) is 6.21 Å². The topological polar surface area (TPSA) is 80.5 Å². The summed E-state index contributed by atoms with van der Waals surface area (Å²) in [4.78, 5) is 16.7. The Bertz CT molecular complexity index is 1290. The fourth-order valence-electron chi connectivity index (χ4n) is 4.15. The summed E-state index contributed by atoms with van der Waals surface area (Å²) in [7, 11) is 0. The highest BCUT2D eigenvalue weighted by Crippen LogP contribution is 2.25. The molecule has 4 aromatic rings. The Balaban J connectivity index is 1.49. The van der Waals surface area contributed by atoms with Crippen molar-refractivity contribution in [3.05, 3.63) is 77.1 Å². The van der Waals surface area contributed by atoms with Gasteiger partial charge >= 0.3 is 0 Å². The Kier molecular flexibility index (Phi) is 6.49. The van der Waals surface area contributed by atoms with Crippen LogP contribution in [0.3, 0.4) is 0 Å². The molecule has 1 N–H and O–H groups in total. The molecule has 0 spiro atoms. The molecule has 0 radical (unpaired) electrons. The summed E-state index contributed by atoms with van der Waals surface area (Å²) >= 11 is 0. The molecule has 174 valence electrons. The third-order valence-electron chi connectivity index (χ3n) is 5.96. The maximum Gasteiger partial charge on any atom is 0.229 e. The number of rotatable bonds is 7. The van der Waals surface area contributed by atoms with Gasteiger partial charge in [-0.05, 0) is 31.4 Å². The first-order valence-electron chi connectivity index (χ1n) is 11.6. The second-order valence-corrected chi connectivity index (χ2v) is 8.47. The lowest BCUT2D eigenvalue weighted by molar-refractivity contribution is 0.122. The van der Waals surface area contributed by atoms with Crippen LogP contribution in [0.4, 0.5) is 11.8 Å². The van der Waals surface area contributed by atoms with Crippen molar-refractivity contribution in [2.45, 2.75) is 26.8 Å². The van der Waals surface area contributed by atoms with Gasteiger partial charge in [0.15, 0.2) is 17.0 Å². The second kappa shape index (κ2) is 10.0. The molecule has 8 nitrogen and oxygen atoms in total. The smallest absolute Gasteiger partial charge is 0.229 e. The van der Waals surface area contributed by atoms with Crippen molar-refractivity contribution in [2.75, 3.05) is 36.6 Å². The molecule has 0 saturated carbocycles. The summed E-state index contributed by atoms with van der Waals surface area (Å²) in [5.41, 5.74) is 8.18. The molecule has 1 aliphatic rings. The molecular formula is C26H29N7O. The molecule has 2 aromatic heterocycles. The van der Waals surface area contributed by atoms with Crippen LogP contribution < -0.4 is 10.3 Å². The predicted octanol–water partition coefficient (Wildman–Crippen LogP) is 3.97. The van der Waals surface area contributed by atoms with Crippen molar-refractivity contribution in [1.82, 2.24) is 19.5 Å². The number of hydrogen-bond donors (Lipinski definition) is 1. The Morgan fingerprint density at radius 3 is 2.62 bits per heavy atom. The van der Waals surface area contributed by atoms with Gasteiger partial charge in [0.25, 0.3) is 0 Å². The molecule has 8 heteroatoms. The van der Waals surface area contributed by atoms with Gasteiger partial charge in [0.05, 0.1) is 19.4 Å². The van der Waals surface area contributed by atoms with Crippen LogP contribution in [0.15, 0.2) is 59.7 Å². The molecule has 1 aliphatic heterocycles. The average molecular weight is 456 g/mol. The standard InChI is InChI=1S/C26H29N7O/c1-19-7-6-10-22(17-19)18-27-31-24-23-25(30-26(29-24)32-13-15-34-16-14-32)33(20(2)28-23)12-11-21-8-4-3-5-9-21/h3-10,17-18H,11-16H2,1-2H3,(H,29,30,31). The molecule has 1 fully saturated rings. The minimum Gasteiger partial charge on any atom is -0.378 e. The average Bonchev–Trinajstić information content (AvgIpc) is 3.19. The third-order valence-corrected chi connectivity index (χ3v) is 5.96. The molecule has 34 heavy (non-hydrogen) atoms. The van der Waals surface area contributed by atoms with Crippen molar-refractivity contribution in [2.24, 2.45) is 5.10 Å². The summed E-state index contributed by atoms with van der Waals surface area (Å²) in [6, 6.07) is 18.7. The maximum absolute atomic E-state index is 5.52. The lowest BCUT2D eigenvalue weighted by Crippen LogP contribution is -2.37. The van der Waals surface area contributed by atoms with Crippen LogP contribution in [0.25, 0.3) is 11.2 Å². The number of benzene rings is 2. The molecule has 0 aliphatic carbocycles. The van der Waals surface area contributed by atoms with Gasteiger partial charge in [-0.25, -0.2) is 4.98 Å². The molecule has 1 saturated heterocycles. The normalized spacial score (nSPS) is 14.2. The zero-order chi connectivity index (χ0) is 23.3. The molecule has 0 amide bonds. The Labute approximate surface area is 199 Å². The predicted molar refractivity (Wildman–Crippen MR) is 136 cm³/mol. The number of morpholine rings is 1. The maximum atomic E-state index is 5.52. The van der Waals surface area contributed by atoms with Gasteiger partial charge < -0.3 is 14.2 Å². The van der Waals surface area contributed by atoms with E-state index in [1.807, 2.05) is 25.1 Å². The number of hydrazone groups is 1. The summed E-state index contributed by atoms with van der Waals surface area (Å²) in [5, 5.41) is 4.46. The monoisotopic (exact) mass is 455 g/mol. The van der Waals surface area contributed by atoms with E-state index >= 15 is 0 Å². The van der Waals surface area contributed by atoms with Gasteiger partial charge in [-0.1, -0.05) is 60.2 Å². The lowest BCUT2D eigenvalue weighted by Gasteiger charge is -2.27. The van der Waals surface area contributed by atoms with Gasteiger partial charge in [-0.2, -0.15) is 15.1 Å². The number of imidazole rings is 1. The molecular weight excluding hydrogens is 426 g/mol. The van der Waals surface area contributed by atoms with Gasteiger partial charge in [-0.3, -0.25) is 5.43 Å². The van der Waals surface area contributed by atoms with Gasteiger partial charge in [0.2, 0.25) is 5.95 Å². The Morgan fingerprint density at radius 2 is 1.82 bits per heavy atom. The highest BCUT2D eigenvalue weighted by Gasteiger charge is 2.20. The number of aryl methyl sites for hydroxylation is 4. The second-order valence-electron chi connectivity index (χ2n) is 8.47. The zero-order valence-corrected chi connectivity index (χ0v) is 19.6. The van der Waals surface area contributed by atoms with Crippen molar-refractivity contribution >= 4 is 29.1 Å². The minimum atomic E-state index is 0.608. The van der Waals surface area contributed by atoms with Crippen molar-refractivity contribution in [3.63, 3.8) is 0 Å². The van der Waals surface area contributed by atoms with Gasteiger partial charge in [-0.15, -0.1) is 0 Å². The molecule has 5 rings (SSSR count). The SMILES string of the molecule is Cc1cccc(C=NNc2nc(N3CCOCC3)nc3c2nc(C)n3CCc2ccccc2)c1. The van der Waals surface area contributed by atoms with E-state index in [4.69, 9.17) is 19.7 Å². The Hall–Kier alpha value is -3.78. The van der Waals surface area contributed by atoms with Crippen molar-refractivity contribution in [1.29, 1.82) is 0 Å². The highest BCUT2D eigenvalue weighted by molar-refractivity contribution is 5.86. The minimum absolute atomic E-state index is 0.608. The number of nitrogens with zero attached hydrogens (tertiary/aromatic N) is 6. The molecule has 0 unspecified atom stereocenters. The van der Waals surface area contributed by atoms with Crippen LogP contribution >= 0.6 is 0 Å². The van der Waals surface area contributed by atoms with Crippen LogP contribution in [0.1, 0.15) is 22.5 Å². The number of ether oxygens (including phenoxy) is 1. The van der Waals surface area contributed by atoms with Gasteiger partial charge in [0, 0.05) is 19.6 Å². The lowest BCUT2D eigenvalue weighted by atomic mass is 10.1. The highest BCUT2D eigenvalue weighted by atomic mass is 16.5. The fraction of sp³-hybridized carbons (Fsp3) is 0.308. The van der Waals surface area contributed by atoms with Crippen molar-refractivity contribution in [3.8, 4) is 0 Å². The van der Waals surface area contributed by atoms with Crippen molar-refractivity contribution < 1.29 is 4.74 Å². The van der Waals surface area contributed by atoms with E-state index in [1.165, 1.54) is 11.1 Å². The van der Waals surface area contributed by atoms with E-state index in [0.717, 1.165) is 48.6 Å². The molecule has 2 aromatic carbocycles. The van der Waals surface area contributed by atoms with Crippen LogP contribution in [-0.4, -0.2) is 52.0 Å². The van der Waals surface area contributed by atoms with E-state index in [9.17, 15) is 0 Å². The van der Waals surface area contributed by atoms with E-state index < -0.39 is 0 Å². The van der Waals surface area contributed by atoms with E-state index in [-0.39, 0.29) is 0 Å². The largest absolute Gasteiger partial charge is 0.378 e. The van der Waals surface area contributed by atoms with Crippen LogP contribution in [0.2, 0.25) is 0 Å². The first-order chi connectivity index (χ1) is 16.7. The molecule has 3 heterocycles. The summed E-state index contributed by atoms with van der Waals surface area (Å²) in [6.45, 7) is 7.73. The fourth-order valence-corrected chi connectivity index (χ4v) is 4.15. The van der Waals surface area contributed by atoms with Crippen LogP contribution in [0.5, 0.6) is 0 Å². The first-order valence-corrected chi connectivity index (χ1v) is 11.6. The van der Waals surface area contributed by atoms with Crippen LogP contribution in [0, 0.1) is 13.8 Å². The summed E-state index contributed by atoms with van der Waals surface area (Å²) < 4.78 is 7.69. The number of fused-ring (bicyclic) bond motifs is 1. The zero-order valence-electron chi connectivity index (χ0n) is 19.6. The van der Waals surface area contributed by atoms with Gasteiger partial charge in [0.1, 0.15) is 5.82 Å². The summed E-state index contributed by atoms with van der Waals surface area (Å²) in [6.07, 6.45) is 2.70. The first kappa shape index (κ1) is 22.0. The van der Waals surface area contributed by atoms with Crippen LogP contribution in [-0.2, 0) is 17.7 Å². The number of nitrogens with one attached hydrogen (secondary N) is 1. The van der Waals surface area contributed by atoms with E-state index in [2.05, 4.69) is 63.3 Å².